The third-order valence-electron chi connectivity index (χ3n) is 3.02. The number of benzene rings is 2. The van der Waals surface area contributed by atoms with E-state index in [9.17, 15) is 0 Å². The minimum absolute atomic E-state index is 0.739. The van der Waals surface area contributed by atoms with Crippen molar-refractivity contribution in [2.24, 2.45) is 0 Å². The Labute approximate surface area is 116 Å². The lowest BCUT2D eigenvalue weighted by atomic mass is 10.1. The van der Waals surface area contributed by atoms with E-state index < -0.39 is 0 Å². The standard InChI is InChI=1S/C15H17BrN2/c1-3-11-8-13(6-4-10(11)2)18-15-7-5-12(16)9-14(15)17/h4-9,18H,3,17H2,1-2H3. The molecule has 2 aromatic rings. The second-order valence-corrected chi connectivity index (χ2v) is 5.27. The van der Waals surface area contributed by atoms with E-state index in [1.165, 1.54) is 11.1 Å². The van der Waals surface area contributed by atoms with E-state index >= 15 is 0 Å². The first kappa shape index (κ1) is 13.0. The average molecular weight is 305 g/mol. The van der Waals surface area contributed by atoms with Crippen LogP contribution in [0.2, 0.25) is 0 Å². The maximum Gasteiger partial charge on any atom is 0.0618 e. The summed E-state index contributed by atoms with van der Waals surface area (Å²) in [6, 6.07) is 12.2. The highest BCUT2D eigenvalue weighted by Crippen LogP contribution is 2.27. The Morgan fingerprint density at radius 1 is 1.17 bits per heavy atom. The molecule has 0 fully saturated rings. The van der Waals surface area contributed by atoms with Crippen LogP contribution in [-0.4, -0.2) is 0 Å². The first-order valence-electron chi connectivity index (χ1n) is 6.01. The molecule has 18 heavy (non-hydrogen) atoms. The zero-order chi connectivity index (χ0) is 13.1. The van der Waals surface area contributed by atoms with E-state index in [0.29, 0.717) is 0 Å². The van der Waals surface area contributed by atoms with Crippen LogP contribution >= 0.6 is 15.9 Å². The summed E-state index contributed by atoms with van der Waals surface area (Å²) in [4.78, 5) is 0. The monoisotopic (exact) mass is 304 g/mol. The molecule has 0 aliphatic carbocycles. The lowest BCUT2D eigenvalue weighted by Crippen LogP contribution is -1.97. The van der Waals surface area contributed by atoms with Crippen molar-refractivity contribution in [2.45, 2.75) is 20.3 Å². The van der Waals surface area contributed by atoms with Crippen LogP contribution in [-0.2, 0) is 6.42 Å². The number of halogens is 1. The zero-order valence-corrected chi connectivity index (χ0v) is 12.2. The highest BCUT2D eigenvalue weighted by atomic mass is 79.9. The fourth-order valence-electron chi connectivity index (χ4n) is 1.93. The van der Waals surface area contributed by atoms with Crippen LogP contribution in [0.5, 0.6) is 0 Å². The van der Waals surface area contributed by atoms with Gasteiger partial charge in [0, 0.05) is 10.2 Å². The van der Waals surface area contributed by atoms with Crippen LogP contribution in [0, 0.1) is 6.92 Å². The second kappa shape index (κ2) is 5.44. The van der Waals surface area contributed by atoms with Crippen LogP contribution in [0.3, 0.4) is 0 Å². The molecule has 0 atom stereocenters. The molecule has 2 nitrogen and oxygen atoms in total. The fraction of sp³-hybridized carbons (Fsp3) is 0.200. The largest absolute Gasteiger partial charge is 0.397 e. The van der Waals surface area contributed by atoms with Crippen molar-refractivity contribution in [3.63, 3.8) is 0 Å². The van der Waals surface area contributed by atoms with E-state index in [4.69, 9.17) is 5.73 Å². The van der Waals surface area contributed by atoms with Gasteiger partial charge >= 0.3 is 0 Å². The molecule has 0 unspecified atom stereocenters. The fourth-order valence-corrected chi connectivity index (χ4v) is 2.31. The molecule has 3 N–H and O–H groups in total. The van der Waals surface area contributed by atoms with E-state index in [-0.39, 0.29) is 0 Å². The Bertz CT molecular complexity index is 564. The molecule has 0 heterocycles. The van der Waals surface area contributed by atoms with Crippen molar-refractivity contribution in [1.29, 1.82) is 0 Å². The van der Waals surface area contributed by atoms with Crippen molar-refractivity contribution in [3.05, 3.63) is 52.0 Å². The number of aryl methyl sites for hydroxylation is 2. The summed E-state index contributed by atoms with van der Waals surface area (Å²) in [5.41, 5.74) is 11.4. The van der Waals surface area contributed by atoms with Gasteiger partial charge in [-0.05, 0) is 54.8 Å². The van der Waals surface area contributed by atoms with Crippen LogP contribution in [0.15, 0.2) is 40.9 Å². The molecular weight excluding hydrogens is 288 g/mol. The Kier molecular flexibility index (Phi) is 3.92. The second-order valence-electron chi connectivity index (χ2n) is 4.35. The van der Waals surface area contributed by atoms with Gasteiger partial charge in [0.1, 0.15) is 0 Å². The summed E-state index contributed by atoms with van der Waals surface area (Å²) in [6.45, 7) is 4.30. The Balaban J connectivity index is 2.28. The topological polar surface area (TPSA) is 38.0 Å². The molecule has 0 radical (unpaired) electrons. The van der Waals surface area contributed by atoms with E-state index in [0.717, 1.165) is 28.0 Å². The van der Waals surface area contributed by atoms with Crippen molar-refractivity contribution < 1.29 is 0 Å². The van der Waals surface area contributed by atoms with Crippen molar-refractivity contribution in [3.8, 4) is 0 Å². The highest BCUT2D eigenvalue weighted by Gasteiger charge is 2.02. The summed E-state index contributed by atoms with van der Waals surface area (Å²) in [5, 5.41) is 3.36. The van der Waals surface area contributed by atoms with Gasteiger partial charge in [-0.15, -0.1) is 0 Å². The third-order valence-corrected chi connectivity index (χ3v) is 3.52. The van der Waals surface area contributed by atoms with Gasteiger partial charge in [0.2, 0.25) is 0 Å². The molecular formula is C15H17BrN2. The van der Waals surface area contributed by atoms with Crippen LogP contribution < -0.4 is 11.1 Å². The minimum Gasteiger partial charge on any atom is -0.397 e. The summed E-state index contributed by atoms with van der Waals surface area (Å²) in [5.74, 6) is 0. The number of nitrogens with two attached hydrogens (primary N) is 1. The van der Waals surface area contributed by atoms with Gasteiger partial charge in [-0.25, -0.2) is 0 Å². The van der Waals surface area contributed by atoms with Crippen LogP contribution in [0.1, 0.15) is 18.1 Å². The molecule has 2 aromatic carbocycles. The summed E-state index contributed by atoms with van der Waals surface area (Å²) < 4.78 is 0.990. The molecule has 0 spiro atoms. The molecule has 0 aliphatic heterocycles. The number of hydrogen-bond donors (Lipinski definition) is 2. The van der Waals surface area contributed by atoms with Gasteiger partial charge in [0.15, 0.2) is 0 Å². The number of anilines is 3. The van der Waals surface area contributed by atoms with Gasteiger partial charge in [0.25, 0.3) is 0 Å². The van der Waals surface area contributed by atoms with Crippen molar-refractivity contribution >= 4 is 33.0 Å². The number of nitrogens with one attached hydrogen (secondary N) is 1. The first-order chi connectivity index (χ1) is 8.60. The van der Waals surface area contributed by atoms with Gasteiger partial charge < -0.3 is 11.1 Å². The molecule has 0 aliphatic rings. The smallest absolute Gasteiger partial charge is 0.0618 e. The van der Waals surface area contributed by atoms with E-state index in [1.54, 1.807) is 0 Å². The van der Waals surface area contributed by atoms with Gasteiger partial charge in [-0.1, -0.05) is 28.9 Å². The van der Waals surface area contributed by atoms with Gasteiger partial charge in [-0.3, -0.25) is 0 Å². The van der Waals surface area contributed by atoms with Crippen LogP contribution in [0.4, 0.5) is 17.1 Å². The van der Waals surface area contributed by atoms with Crippen molar-refractivity contribution in [2.75, 3.05) is 11.1 Å². The maximum atomic E-state index is 5.98. The molecule has 0 saturated carbocycles. The Hall–Kier alpha value is -1.48. The van der Waals surface area contributed by atoms with E-state index in [2.05, 4.69) is 53.3 Å². The molecule has 94 valence electrons. The molecule has 0 aromatic heterocycles. The third kappa shape index (κ3) is 2.85. The van der Waals surface area contributed by atoms with Crippen molar-refractivity contribution in [1.82, 2.24) is 0 Å². The lowest BCUT2D eigenvalue weighted by molar-refractivity contribution is 1.11. The predicted octanol–water partition coefficient (Wildman–Crippen LogP) is 4.65. The van der Waals surface area contributed by atoms with E-state index in [1.807, 2.05) is 18.2 Å². The maximum absolute atomic E-state index is 5.98. The normalized spacial score (nSPS) is 10.4. The lowest BCUT2D eigenvalue weighted by Gasteiger charge is -2.12. The van der Waals surface area contributed by atoms with Gasteiger partial charge in [0.05, 0.1) is 11.4 Å². The number of hydrogen-bond acceptors (Lipinski definition) is 2. The summed E-state index contributed by atoms with van der Waals surface area (Å²) >= 11 is 3.41. The summed E-state index contributed by atoms with van der Waals surface area (Å²) in [7, 11) is 0. The average Bonchev–Trinajstić information content (AvgIpc) is 2.35. The molecule has 0 bridgehead atoms. The Morgan fingerprint density at radius 3 is 2.61 bits per heavy atom. The Morgan fingerprint density at radius 2 is 1.94 bits per heavy atom. The van der Waals surface area contributed by atoms with Gasteiger partial charge in [-0.2, -0.15) is 0 Å². The highest BCUT2D eigenvalue weighted by molar-refractivity contribution is 9.10. The molecule has 0 amide bonds. The number of rotatable bonds is 3. The summed E-state index contributed by atoms with van der Waals surface area (Å²) in [6.07, 6.45) is 1.04. The predicted molar refractivity (Wildman–Crippen MR) is 82.4 cm³/mol. The molecule has 0 saturated heterocycles. The van der Waals surface area contributed by atoms with Crippen LogP contribution in [0.25, 0.3) is 0 Å². The quantitative estimate of drug-likeness (QED) is 0.810. The SMILES string of the molecule is CCc1cc(Nc2ccc(Br)cc2N)ccc1C. The molecule has 2 rings (SSSR count). The zero-order valence-electron chi connectivity index (χ0n) is 10.6. The number of nitrogen functional groups attached to an aromatic ring is 1. The minimum atomic E-state index is 0.739. The first-order valence-corrected chi connectivity index (χ1v) is 6.81. The molecule has 3 heteroatoms.